The third kappa shape index (κ3) is 6.07. The van der Waals surface area contributed by atoms with E-state index in [2.05, 4.69) is 36.4 Å². The van der Waals surface area contributed by atoms with Gasteiger partial charge in [0.05, 0.1) is 7.11 Å². The van der Waals surface area contributed by atoms with Gasteiger partial charge < -0.3 is 4.74 Å². The molecule has 0 heterocycles. The van der Waals surface area contributed by atoms with Crippen LogP contribution in [0.5, 0.6) is 5.75 Å². The Morgan fingerprint density at radius 3 is 2.04 bits per heavy atom. The summed E-state index contributed by atoms with van der Waals surface area (Å²) in [5, 5.41) is 1.50. The summed E-state index contributed by atoms with van der Waals surface area (Å²) in [5.41, 5.74) is 2.37. The van der Waals surface area contributed by atoms with Crippen molar-refractivity contribution in [1.29, 1.82) is 0 Å². The number of hydrogen-bond donors (Lipinski definition) is 0. The maximum atomic E-state index is 6.06. The quantitative estimate of drug-likeness (QED) is 0.368. The molecular weight excluding hydrogens is 395 g/mol. The van der Waals surface area contributed by atoms with Gasteiger partial charge in [-0.1, -0.05) is 59.6 Å². The molecule has 3 aromatic carbocycles. The van der Waals surface area contributed by atoms with Gasteiger partial charge in [-0.2, -0.15) is 0 Å². The molecule has 0 saturated heterocycles. The molecular formula is C23H20Cl2OS. The molecule has 0 spiro atoms. The van der Waals surface area contributed by atoms with Crippen molar-refractivity contribution >= 4 is 41.0 Å². The number of hydrogen-bond acceptors (Lipinski definition) is 2. The number of benzene rings is 3. The molecule has 1 nitrogen and oxygen atoms in total. The Morgan fingerprint density at radius 1 is 0.852 bits per heavy atom. The van der Waals surface area contributed by atoms with Gasteiger partial charge in [-0.3, -0.25) is 0 Å². The summed E-state index contributed by atoms with van der Waals surface area (Å²) in [6, 6.07) is 24.1. The van der Waals surface area contributed by atoms with E-state index in [1.165, 1.54) is 10.5 Å². The van der Waals surface area contributed by atoms with Crippen molar-refractivity contribution in [1.82, 2.24) is 0 Å². The largest absolute Gasteiger partial charge is 0.497 e. The lowest BCUT2D eigenvalue weighted by molar-refractivity contribution is 0.414. The minimum absolute atomic E-state index is 0.269. The van der Waals surface area contributed by atoms with Crippen LogP contribution < -0.4 is 4.74 Å². The fourth-order valence-electron chi connectivity index (χ4n) is 2.63. The van der Waals surface area contributed by atoms with Crippen LogP contribution >= 0.6 is 35.0 Å². The second-order valence-electron chi connectivity index (χ2n) is 6.06. The Kier molecular flexibility index (Phi) is 7.28. The van der Waals surface area contributed by atoms with Gasteiger partial charge in [0, 0.05) is 26.6 Å². The van der Waals surface area contributed by atoms with E-state index in [0.717, 1.165) is 27.1 Å². The molecule has 1 atom stereocenters. The normalized spacial score (nSPS) is 12.3. The predicted molar refractivity (Wildman–Crippen MR) is 118 cm³/mol. The first-order valence-electron chi connectivity index (χ1n) is 8.60. The smallest absolute Gasteiger partial charge is 0.118 e. The van der Waals surface area contributed by atoms with Gasteiger partial charge in [0.25, 0.3) is 0 Å². The number of methoxy groups -OCH3 is 1. The van der Waals surface area contributed by atoms with Crippen LogP contribution in [-0.2, 0) is 0 Å². The minimum atomic E-state index is 0.269. The molecule has 0 fully saturated rings. The molecule has 0 aromatic heterocycles. The van der Waals surface area contributed by atoms with Crippen LogP contribution in [0.15, 0.2) is 83.8 Å². The van der Waals surface area contributed by atoms with E-state index in [0.29, 0.717) is 0 Å². The Labute approximate surface area is 175 Å². The van der Waals surface area contributed by atoms with Gasteiger partial charge in [-0.05, 0) is 59.7 Å². The van der Waals surface area contributed by atoms with E-state index in [1.54, 1.807) is 7.11 Å². The first kappa shape index (κ1) is 19.9. The van der Waals surface area contributed by atoms with Crippen molar-refractivity contribution < 1.29 is 4.74 Å². The zero-order valence-electron chi connectivity index (χ0n) is 14.9. The van der Waals surface area contributed by atoms with E-state index in [1.807, 2.05) is 60.3 Å². The Morgan fingerprint density at radius 2 is 1.44 bits per heavy atom. The second-order valence-corrected chi connectivity index (χ2v) is 8.02. The van der Waals surface area contributed by atoms with Gasteiger partial charge in [0.2, 0.25) is 0 Å². The monoisotopic (exact) mass is 414 g/mol. The number of ether oxygens (including phenoxy) is 1. The van der Waals surface area contributed by atoms with Gasteiger partial charge in [-0.15, -0.1) is 11.8 Å². The summed E-state index contributed by atoms with van der Waals surface area (Å²) in [7, 11) is 1.68. The highest BCUT2D eigenvalue weighted by atomic mass is 35.5. The molecule has 0 bridgehead atoms. The number of thioether (sulfide) groups is 1. The molecule has 0 aliphatic carbocycles. The lowest BCUT2D eigenvalue weighted by atomic mass is 9.99. The van der Waals surface area contributed by atoms with Crippen molar-refractivity contribution in [2.24, 2.45) is 0 Å². The topological polar surface area (TPSA) is 9.23 Å². The molecule has 0 amide bonds. The first-order chi connectivity index (χ1) is 13.1. The fraction of sp³-hybridized carbons (Fsp3) is 0.130. The maximum absolute atomic E-state index is 6.06. The lowest BCUT2D eigenvalue weighted by Crippen LogP contribution is -1.98. The molecule has 138 valence electrons. The van der Waals surface area contributed by atoms with Crippen LogP contribution in [0.1, 0.15) is 17.0 Å². The molecule has 4 heteroatoms. The highest BCUT2D eigenvalue weighted by Gasteiger charge is 2.09. The molecule has 0 radical (unpaired) electrons. The van der Waals surface area contributed by atoms with E-state index in [9.17, 15) is 0 Å². The highest BCUT2D eigenvalue weighted by molar-refractivity contribution is 7.99. The van der Waals surface area contributed by atoms with Crippen molar-refractivity contribution in [3.63, 3.8) is 0 Å². The summed E-state index contributed by atoms with van der Waals surface area (Å²) in [4.78, 5) is 1.22. The van der Waals surface area contributed by atoms with Gasteiger partial charge >= 0.3 is 0 Å². The van der Waals surface area contributed by atoms with Gasteiger partial charge in [0.1, 0.15) is 5.75 Å². The molecule has 0 aliphatic rings. The van der Waals surface area contributed by atoms with Crippen LogP contribution in [0, 0.1) is 0 Å². The van der Waals surface area contributed by atoms with Crippen LogP contribution in [-0.4, -0.2) is 12.9 Å². The third-order valence-corrected chi connectivity index (χ3v) is 5.81. The predicted octanol–water partition coefficient (Wildman–Crippen LogP) is 7.59. The number of rotatable bonds is 7. The fourth-order valence-corrected chi connectivity index (χ4v) is 3.89. The summed E-state index contributed by atoms with van der Waals surface area (Å²) >= 11 is 13.9. The average molecular weight is 415 g/mol. The Balaban J connectivity index is 1.76. The Bertz CT molecular complexity index is 872. The van der Waals surface area contributed by atoms with E-state index in [-0.39, 0.29) is 5.92 Å². The molecule has 0 aliphatic heterocycles. The van der Waals surface area contributed by atoms with E-state index >= 15 is 0 Å². The van der Waals surface area contributed by atoms with E-state index < -0.39 is 0 Å². The summed E-state index contributed by atoms with van der Waals surface area (Å²) < 4.78 is 5.23. The molecule has 27 heavy (non-hydrogen) atoms. The van der Waals surface area contributed by atoms with E-state index in [4.69, 9.17) is 27.9 Å². The van der Waals surface area contributed by atoms with Crippen LogP contribution in [0.25, 0.3) is 6.08 Å². The molecule has 3 aromatic rings. The molecule has 1 unspecified atom stereocenters. The Hall–Kier alpha value is -1.87. The minimum Gasteiger partial charge on any atom is -0.497 e. The first-order valence-corrected chi connectivity index (χ1v) is 10.3. The van der Waals surface area contributed by atoms with Crippen molar-refractivity contribution in [3.8, 4) is 5.75 Å². The zero-order chi connectivity index (χ0) is 19.1. The molecule has 3 rings (SSSR count). The van der Waals surface area contributed by atoms with Crippen molar-refractivity contribution in [2.75, 3.05) is 12.9 Å². The van der Waals surface area contributed by atoms with Crippen LogP contribution in [0.2, 0.25) is 10.0 Å². The standard InChI is InChI=1S/C23H20Cl2OS/c1-26-22-12-14-23(15-13-22)27-16-19(18-6-10-21(25)11-7-18)5-2-17-3-8-20(24)9-4-17/h2-15,19H,16H2,1H3/b5-2+. The molecule has 0 saturated carbocycles. The van der Waals surface area contributed by atoms with Gasteiger partial charge in [-0.25, -0.2) is 0 Å². The maximum Gasteiger partial charge on any atom is 0.118 e. The van der Waals surface area contributed by atoms with Crippen molar-refractivity contribution in [3.05, 3.63) is 100 Å². The average Bonchev–Trinajstić information content (AvgIpc) is 2.70. The summed E-state index contributed by atoms with van der Waals surface area (Å²) in [6.45, 7) is 0. The summed E-state index contributed by atoms with van der Waals surface area (Å²) in [5.74, 6) is 2.07. The van der Waals surface area contributed by atoms with Crippen LogP contribution in [0.3, 0.4) is 0 Å². The third-order valence-electron chi connectivity index (χ3n) is 4.18. The number of halogens is 2. The second kappa shape index (κ2) is 9.89. The van der Waals surface area contributed by atoms with Gasteiger partial charge in [0.15, 0.2) is 0 Å². The van der Waals surface area contributed by atoms with Crippen LogP contribution in [0.4, 0.5) is 0 Å². The number of allylic oxidation sites excluding steroid dienone is 1. The SMILES string of the molecule is COc1ccc(SCC(/C=C/c2ccc(Cl)cc2)c2ccc(Cl)cc2)cc1. The molecule has 0 N–H and O–H groups in total. The zero-order valence-corrected chi connectivity index (χ0v) is 17.3. The lowest BCUT2D eigenvalue weighted by Gasteiger charge is -2.14. The van der Waals surface area contributed by atoms with Crippen molar-refractivity contribution in [2.45, 2.75) is 10.8 Å². The summed E-state index contributed by atoms with van der Waals surface area (Å²) in [6.07, 6.45) is 4.38. The highest BCUT2D eigenvalue weighted by Crippen LogP contribution is 2.30.